The molecule has 0 radical (unpaired) electrons. The van der Waals surface area contributed by atoms with E-state index in [-0.39, 0.29) is 12.1 Å². The van der Waals surface area contributed by atoms with Crippen LogP contribution in [0.1, 0.15) is 27.5 Å². The first kappa shape index (κ1) is 19.3. The molecule has 1 aliphatic rings. The molecule has 1 unspecified atom stereocenters. The molecule has 2 amide bonds. The molecule has 0 spiro atoms. The van der Waals surface area contributed by atoms with Gasteiger partial charge in [0.25, 0.3) is 5.91 Å². The highest BCUT2D eigenvalue weighted by molar-refractivity contribution is 9.10. The number of anilines is 1. The monoisotopic (exact) mass is 456 g/mol. The zero-order chi connectivity index (χ0) is 20.5. The Morgan fingerprint density at radius 1 is 1.03 bits per heavy atom. The normalized spacial score (nSPS) is 16.0. The predicted octanol–water partition coefficient (Wildman–Crippen LogP) is 4.91. The standard InChI is InChI=1S/C22H15BrF2N2O2/c23-14-7-10-19-17(11-14)21(13-5-8-15(24)9-6-13)27(12-20(28)26-19)22(29)16-3-1-2-4-18(16)25/h1-11,21H,12H2,(H,26,28). The van der Waals surface area contributed by atoms with E-state index in [1.165, 1.54) is 35.2 Å². The average molecular weight is 457 g/mol. The Morgan fingerprint density at radius 2 is 1.76 bits per heavy atom. The molecule has 3 aromatic rings. The maximum absolute atomic E-state index is 14.3. The van der Waals surface area contributed by atoms with Gasteiger partial charge in [-0.05, 0) is 48.0 Å². The molecule has 1 aliphatic heterocycles. The summed E-state index contributed by atoms with van der Waals surface area (Å²) in [4.78, 5) is 27.1. The second-order valence-corrected chi connectivity index (χ2v) is 7.56. The number of halogens is 3. The van der Waals surface area contributed by atoms with Crippen LogP contribution in [0.5, 0.6) is 0 Å². The minimum Gasteiger partial charge on any atom is -0.324 e. The molecule has 0 bridgehead atoms. The number of benzene rings is 3. The SMILES string of the molecule is O=C1CN(C(=O)c2ccccc2F)C(c2ccc(F)cc2)c2cc(Br)ccc2N1. The molecule has 0 saturated heterocycles. The Hall–Kier alpha value is -3.06. The molecule has 1 atom stereocenters. The summed E-state index contributed by atoms with van der Waals surface area (Å²) in [5.41, 5.74) is 1.65. The van der Waals surface area contributed by atoms with Crippen LogP contribution in [0.4, 0.5) is 14.5 Å². The van der Waals surface area contributed by atoms with Crippen LogP contribution in [0.15, 0.2) is 71.2 Å². The number of hydrogen-bond donors (Lipinski definition) is 1. The van der Waals surface area contributed by atoms with Gasteiger partial charge < -0.3 is 10.2 Å². The summed E-state index contributed by atoms with van der Waals surface area (Å²) in [5.74, 6) is -2.12. The summed E-state index contributed by atoms with van der Waals surface area (Å²) in [5, 5.41) is 2.79. The molecule has 1 N–H and O–H groups in total. The number of carbonyl (C=O) groups excluding carboxylic acids is 2. The van der Waals surface area contributed by atoms with E-state index in [1.807, 2.05) is 0 Å². The Bertz CT molecular complexity index is 1100. The predicted molar refractivity (Wildman–Crippen MR) is 108 cm³/mol. The highest BCUT2D eigenvalue weighted by Crippen LogP contribution is 2.38. The van der Waals surface area contributed by atoms with E-state index < -0.39 is 29.5 Å². The number of carbonyl (C=O) groups is 2. The number of rotatable bonds is 2. The van der Waals surface area contributed by atoms with Crippen LogP contribution in [0.3, 0.4) is 0 Å². The Labute approximate surface area is 174 Å². The molecule has 146 valence electrons. The summed E-state index contributed by atoms with van der Waals surface area (Å²) in [6, 6.07) is 15.9. The lowest BCUT2D eigenvalue weighted by Crippen LogP contribution is -2.39. The van der Waals surface area contributed by atoms with Gasteiger partial charge in [0.1, 0.15) is 18.2 Å². The third-order valence-electron chi connectivity index (χ3n) is 4.76. The van der Waals surface area contributed by atoms with Gasteiger partial charge in [0.05, 0.1) is 11.6 Å². The molecule has 4 rings (SSSR count). The maximum atomic E-state index is 14.3. The van der Waals surface area contributed by atoms with Crippen molar-refractivity contribution in [2.24, 2.45) is 0 Å². The fraction of sp³-hybridized carbons (Fsp3) is 0.0909. The summed E-state index contributed by atoms with van der Waals surface area (Å²) in [6.07, 6.45) is 0. The van der Waals surface area contributed by atoms with Gasteiger partial charge in [0, 0.05) is 15.7 Å². The third-order valence-corrected chi connectivity index (χ3v) is 5.25. The molecule has 0 aromatic heterocycles. The summed E-state index contributed by atoms with van der Waals surface area (Å²) < 4.78 is 28.6. The number of hydrogen-bond acceptors (Lipinski definition) is 2. The molecular formula is C22H15BrF2N2O2. The molecule has 7 heteroatoms. The van der Waals surface area contributed by atoms with Gasteiger partial charge in [0.2, 0.25) is 5.91 Å². The van der Waals surface area contributed by atoms with Crippen LogP contribution in [-0.2, 0) is 4.79 Å². The van der Waals surface area contributed by atoms with Crippen molar-refractivity contribution in [3.05, 3.63) is 99.5 Å². The topological polar surface area (TPSA) is 49.4 Å². The quantitative estimate of drug-likeness (QED) is 0.595. The molecule has 0 fully saturated rings. The van der Waals surface area contributed by atoms with E-state index in [4.69, 9.17) is 0 Å². The first-order valence-corrected chi connectivity index (χ1v) is 9.63. The third kappa shape index (κ3) is 3.78. The summed E-state index contributed by atoms with van der Waals surface area (Å²) in [6.45, 7) is -0.276. The van der Waals surface area contributed by atoms with Crippen LogP contribution in [-0.4, -0.2) is 23.3 Å². The lowest BCUT2D eigenvalue weighted by Gasteiger charge is -2.31. The van der Waals surface area contributed by atoms with Crippen LogP contribution in [0.2, 0.25) is 0 Å². The Kier molecular flexibility index (Phi) is 5.15. The van der Waals surface area contributed by atoms with E-state index in [0.717, 1.165) is 4.47 Å². The van der Waals surface area contributed by atoms with Gasteiger partial charge in [-0.2, -0.15) is 0 Å². The first-order valence-electron chi connectivity index (χ1n) is 8.84. The minimum absolute atomic E-state index is 0.133. The van der Waals surface area contributed by atoms with Gasteiger partial charge in [-0.3, -0.25) is 9.59 Å². The van der Waals surface area contributed by atoms with Crippen LogP contribution >= 0.6 is 15.9 Å². The molecule has 1 heterocycles. The van der Waals surface area contributed by atoms with Gasteiger partial charge in [-0.25, -0.2) is 8.78 Å². The van der Waals surface area contributed by atoms with Crippen molar-refractivity contribution >= 4 is 33.4 Å². The Morgan fingerprint density at radius 3 is 2.48 bits per heavy atom. The van der Waals surface area contributed by atoms with Gasteiger partial charge in [0.15, 0.2) is 0 Å². The highest BCUT2D eigenvalue weighted by Gasteiger charge is 2.34. The fourth-order valence-electron chi connectivity index (χ4n) is 3.46. The molecular weight excluding hydrogens is 442 g/mol. The number of nitrogens with one attached hydrogen (secondary N) is 1. The van der Waals surface area contributed by atoms with E-state index in [0.29, 0.717) is 16.8 Å². The minimum atomic E-state index is -0.714. The van der Waals surface area contributed by atoms with E-state index in [2.05, 4.69) is 21.2 Å². The lowest BCUT2D eigenvalue weighted by molar-refractivity contribution is -0.117. The van der Waals surface area contributed by atoms with Crippen molar-refractivity contribution < 1.29 is 18.4 Å². The number of fused-ring (bicyclic) bond motifs is 1. The first-order chi connectivity index (χ1) is 13.9. The lowest BCUT2D eigenvalue weighted by atomic mass is 9.95. The van der Waals surface area contributed by atoms with Crippen molar-refractivity contribution in [3.63, 3.8) is 0 Å². The molecule has 0 saturated carbocycles. The van der Waals surface area contributed by atoms with Crippen LogP contribution in [0.25, 0.3) is 0 Å². The second-order valence-electron chi connectivity index (χ2n) is 6.65. The molecule has 0 aliphatic carbocycles. The van der Waals surface area contributed by atoms with E-state index in [9.17, 15) is 18.4 Å². The van der Waals surface area contributed by atoms with Gasteiger partial charge in [-0.15, -0.1) is 0 Å². The van der Waals surface area contributed by atoms with Crippen molar-refractivity contribution in [3.8, 4) is 0 Å². The molecule has 3 aromatic carbocycles. The zero-order valence-corrected chi connectivity index (χ0v) is 16.6. The molecule has 29 heavy (non-hydrogen) atoms. The van der Waals surface area contributed by atoms with Crippen molar-refractivity contribution in [2.75, 3.05) is 11.9 Å². The average Bonchev–Trinajstić information content (AvgIpc) is 2.84. The van der Waals surface area contributed by atoms with Crippen molar-refractivity contribution in [1.82, 2.24) is 4.90 Å². The number of nitrogens with zero attached hydrogens (tertiary/aromatic N) is 1. The van der Waals surface area contributed by atoms with Crippen LogP contribution in [0, 0.1) is 11.6 Å². The maximum Gasteiger partial charge on any atom is 0.258 e. The zero-order valence-electron chi connectivity index (χ0n) is 15.0. The fourth-order valence-corrected chi connectivity index (χ4v) is 3.84. The summed E-state index contributed by atoms with van der Waals surface area (Å²) in [7, 11) is 0. The molecule has 4 nitrogen and oxygen atoms in total. The Balaban J connectivity index is 1.91. The van der Waals surface area contributed by atoms with E-state index in [1.54, 1.807) is 36.4 Å². The second kappa shape index (κ2) is 7.75. The largest absolute Gasteiger partial charge is 0.324 e. The van der Waals surface area contributed by atoms with Gasteiger partial charge >= 0.3 is 0 Å². The highest BCUT2D eigenvalue weighted by atomic mass is 79.9. The van der Waals surface area contributed by atoms with Crippen molar-refractivity contribution in [2.45, 2.75) is 6.04 Å². The van der Waals surface area contributed by atoms with Crippen molar-refractivity contribution in [1.29, 1.82) is 0 Å². The smallest absolute Gasteiger partial charge is 0.258 e. The van der Waals surface area contributed by atoms with Gasteiger partial charge in [-0.1, -0.05) is 40.2 Å². The van der Waals surface area contributed by atoms with Crippen LogP contribution < -0.4 is 5.32 Å². The summed E-state index contributed by atoms with van der Waals surface area (Å²) >= 11 is 3.42. The van der Waals surface area contributed by atoms with E-state index >= 15 is 0 Å². The number of amides is 2.